The molecule has 1 fully saturated rings. The van der Waals surface area contributed by atoms with Crippen LogP contribution in [0.2, 0.25) is 0 Å². The van der Waals surface area contributed by atoms with E-state index in [1.807, 2.05) is 12.1 Å². The van der Waals surface area contributed by atoms with Gasteiger partial charge in [0.05, 0.1) is 24.5 Å². The number of benzene rings is 2. The number of nitrogens with one attached hydrogen (secondary N) is 1. The first-order valence-corrected chi connectivity index (χ1v) is 11.7. The maximum atomic E-state index is 12.9. The van der Waals surface area contributed by atoms with Crippen LogP contribution >= 0.6 is 0 Å². The van der Waals surface area contributed by atoms with E-state index in [2.05, 4.69) is 15.5 Å². The van der Waals surface area contributed by atoms with Gasteiger partial charge in [-0.25, -0.2) is 8.42 Å². The first-order valence-electron chi connectivity index (χ1n) is 10.3. The predicted octanol–water partition coefficient (Wildman–Crippen LogP) is 2.46. The summed E-state index contributed by atoms with van der Waals surface area (Å²) < 4.78 is 37.5. The molecule has 1 aliphatic heterocycles. The normalized spacial score (nSPS) is 17.1. The van der Waals surface area contributed by atoms with Crippen LogP contribution in [0, 0.1) is 5.92 Å². The van der Waals surface area contributed by atoms with E-state index in [4.69, 9.17) is 9.26 Å². The minimum atomic E-state index is -3.62. The Morgan fingerprint density at radius 1 is 1.19 bits per heavy atom. The zero-order valence-corrected chi connectivity index (χ0v) is 18.4. The molecule has 1 atom stereocenters. The van der Waals surface area contributed by atoms with Crippen molar-refractivity contribution in [1.82, 2.24) is 19.8 Å². The van der Waals surface area contributed by atoms with E-state index in [-0.39, 0.29) is 29.8 Å². The van der Waals surface area contributed by atoms with Gasteiger partial charge in [-0.05, 0) is 49.2 Å². The zero-order valence-electron chi connectivity index (χ0n) is 17.6. The number of sulfonamides is 1. The average molecular weight is 457 g/mol. The van der Waals surface area contributed by atoms with E-state index in [1.54, 1.807) is 49.6 Å². The summed E-state index contributed by atoms with van der Waals surface area (Å²) in [6, 6.07) is 15.5. The minimum absolute atomic E-state index is 0.0733. The number of carbonyl (C=O) groups excluding carboxylic acids is 1. The molecule has 0 saturated carbocycles. The van der Waals surface area contributed by atoms with Gasteiger partial charge < -0.3 is 14.6 Å². The van der Waals surface area contributed by atoms with Crippen LogP contribution in [0.4, 0.5) is 0 Å². The summed E-state index contributed by atoms with van der Waals surface area (Å²) in [6.45, 7) is 0.615. The van der Waals surface area contributed by atoms with Gasteiger partial charge in [0.15, 0.2) is 0 Å². The average Bonchev–Trinajstić information content (AvgIpc) is 3.32. The number of ether oxygens (including phenoxy) is 1. The molecule has 1 amide bonds. The molecular formula is C22H24N4O5S. The maximum absolute atomic E-state index is 12.9. The Bertz CT molecular complexity index is 1160. The molecule has 0 spiro atoms. The first kappa shape index (κ1) is 22.0. The quantitative estimate of drug-likeness (QED) is 0.581. The lowest BCUT2D eigenvalue weighted by atomic mass is 9.99. The third-order valence-electron chi connectivity index (χ3n) is 5.37. The molecule has 168 valence electrons. The number of carbonyl (C=O) groups is 1. The SMILES string of the molecule is COc1ccc(-c2noc(CNC(=O)C3CCCN(S(=O)(=O)c4ccccc4)C3)n2)cc1. The summed E-state index contributed by atoms with van der Waals surface area (Å²) in [5, 5.41) is 6.73. The molecule has 2 aromatic carbocycles. The van der Waals surface area contributed by atoms with E-state index in [9.17, 15) is 13.2 Å². The van der Waals surface area contributed by atoms with Crippen LogP contribution in [-0.4, -0.2) is 49.0 Å². The number of nitrogens with zero attached hydrogens (tertiary/aromatic N) is 3. The first-order chi connectivity index (χ1) is 15.5. The summed E-state index contributed by atoms with van der Waals surface area (Å²) in [7, 11) is -2.03. The molecule has 0 radical (unpaired) electrons. The number of aromatic nitrogens is 2. The molecule has 4 rings (SSSR count). The Morgan fingerprint density at radius 2 is 1.94 bits per heavy atom. The van der Waals surface area contributed by atoms with Crippen molar-refractivity contribution in [2.24, 2.45) is 5.92 Å². The number of methoxy groups -OCH3 is 1. The number of amides is 1. The Kier molecular flexibility index (Phi) is 6.52. The molecule has 1 N–H and O–H groups in total. The molecule has 1 aliphatic rings. The summed E-state index contributed by atoms with van der Waals surface area (Å²) in [4.78, 5) is 17.2. The van der Waals surface area contributed by atoms with Crippen molar-refractivity contribution >= 4 is 15.9 Å². The smallest absolute Gasteiger partial charge is 0.246 e. The Labute approximate surface area is 186 Å². The van der Waals surface area contributed by atoms with E-state index >= 15 is 0 Å². The van der Waals surface area contributed by atoms with Gasteiger partial charge in [-0.15, -0.1) is 0 Å². The zero-order chi connectivity index (χ0) is 22.6. The highest BCUT2D eigenvalue weighted by Crippen LogP contribution is 2.24. The van der Waals surface area contributed by atoms with Crippen molar-refractivity contribution in [3.63, 3.8) is 0 Å². The van der Waals surface area contributed by atoms with Crippen LogP contribution < -0.4 is 10.1 Å². The van der Waals surface area contributed by atoms with Crippen molar-refractivity contribution in [2.45, 2.75) is 24.3 Å². The van der Waals surface area contributed by atoms with Gasteiger partial charge in [0, 0.05) is 18.7 Å². The molecule has 32 heavy (non-hydrogen) atoms. The van der Waals surface area contributed by atoms with Crippen LogP contribution in [-0.2, 0) is 21.4 Å². The third kappa shape index (κ3) is 4.81. The number of piperidine rings is 1. The van der Waals surface area contributed by atoms with Crippen molar-refractivity contribution in [2.75, 3.05) is 20.2 Å². The Balaban J connectivity index is 1.35. The topological polar surface area (TPSA) is 115 Å². The minimum Gasteiger partial charge on any atom is -0.497 e. The monoisotopic (exact) mass is 456 g/mol. The van der Waals surface area contributed by atoms with Crippen LogP contribution in [0.5, 0.6) is 5.75 Å². The van der Waals surface area contributed by atoms with Gasteiger partial charge in [0.2, 0.25) is 27.6 Å². The maximum Gasteiger partial charge on any atom is 0.246 e. The number of hydrogen-bond donors (Lipinski definition) is 1. The molecule has 1 aromatic heterocycles. The van der Waals surface area contributed by atoms with Gasteiger partial charge >= 0.3 is 0 Å². The van der Waals surface area contributed by atoms with Crippen molar-refractivity contribution in [3.05, 3.63) is 60.5 Å². The molecule has 1 saturated heterocycles. The third-order valence-corrected chi connectivity index (χ3v) is 7.25. The summed E-state index contributed by atoms with van der Waals surface area (Å²) in [6.07, 6.45) is 1.24. The lowest BCUT2D eigenvalue weighted by molar-refractivity contribution is -0.126. The van der Waals surface area contributed by atoms with Gasteiger partial charge in [0.1, 0.15) is 5.75 Å². The van der Waals surface area contributed by atoms with Crippen molar-refractivity contribution in [1.29, 1.82) is 0 Å². The fourth-order valence-electron chi connectivity index (χ4n) is 3.61. The second kappa shape index (κ2) is 9.49. The summed E-state index contributed by atoms with van der Waals surface area (Å²) in [5.41, 5.74) is 0.765. The number of hydrogen-bond acceptors (Lipinski definition) is 7. The highest BCUT2D eigenvalue weighted by atomic mass is 32.2. The summed E-state index contributed by atoms with van der Waals surface area (Å²) in [5.74, 6) is 0.734. The predicted molar refractivity (Wildman–Crippen MR) is 116 cm³/mol. The highest BCUT2D eigenvalue weighted by Gasteiger charge is 2.33. The van der Waals surface area contributed by atoms with Gasteiger partial charge in [-0.2, -0.15) is 9.29 Å². The van der Waals surface area contributed by atoms with Crippen LogP contribution in [0.1, 0.15) is 18.7 Å². The fourth-order valence-corrected chi connectivity index (χ4v) is 5.15. The largest absolute Gasteiger partial charge is 0.497 e. The van der Waals surface area contributed by atoms with E-state index in [0.29, 0.717) is 25.2 Å². The van der Waals surface area contributed by atoms with Crippen LogP contribution in [0.3, 0.4) is 0 Å². The molecule has 2 heterocycles. The molecule has 10 heteroatoms. The summed E-state index contributed by atoms with van der Waals surface area (Å²) >= 11 is 0. The second-order valence-electron chi connectivity index (χ2n) is 7.47. The molecule has 9 nitrogen and oxygen atoms in total. The van der Waals surface area contributed by atoms with E-state index in [0.717, 1.165) is 11.3 Å². The standard InChI is InChI=1S/C22H24N4O5S/c1-30-18-11-9-16(10-12-18)21-24-20(31-25-21)14-23-22(27)17-6-5-13-26(15-17)32(28,29)19-7-3-2-4-8-19/h2-4,7-12,17H,5-6,13-15H2,1H3,(H,23,27). The molecular weight excluding hydrogens is 432 g/mol. The fraction of sp³-hybridized carbons (Fsp3) is 0.318. The molecule has 0 aliphatic carbocycles. The van der Waals surface area contributed by atoms with Gasteiger partial charge in [-0.1, -0.05) is 23.4 Å². The Morgan fingerprint density at radius 3 is 2.66 bits per heavy atom. The lowest BCUT2D eigenvalue weighted by Gasteiger charge is -2.31. The Hall–Kier alpha value is -3.24. The van der Waals surface area contributed by atoms with Crippen molar-refractivity contribution in [3.8, 4) is 17.1 Å². The van der Waals surface area contributed by atoms with Gasteiger partial charge in [-0.3, -0.25) is 4.79 Å². The number of rotatable bonds is 7. The van der Waals surface area contributed by atoms with E-state index in [1.165, 1.54) is 4.31 Å². The lowest BCUT2D eigenvalue weighted by Crippen LogP contribution is -2.45. The van der Waals surface area contributed by atoms with Crippen LogP contribution in [0.15, 0.2) is 64.0 Å². The molecule has 3 aromatic rings. The van der Waals surface area contributed by atoms with Crippen LogP contribution in [0.25, 0.3) is 11.4 Å². The molecule has 0 bridgehead atoms. The van der Waals surface area contributed by atoms with E-state index < -0.39 is 15.9 Å². The highest BCUT2D eigenvalue weighted by molar-refractivity contribution is 7.89. The van der Waals surface area contributed by atoms with Crippen molar-refractivity contribution < 1.29 is 22.5 Å². The second-order valence-corrected chi connectivity index (χ2v) is 9.41. The molecule has 1 unspecified atom stereocenters. The van der Waals surface area contributed by atoms with Gasteiger partial charge in [0.25, 0.3) is 0 Å².